The van der Waals surface area contributed by atoms with E-state index in [1.165, 1.54) is 0 Å². The molecule has 0 bridgehead atoms. The van der Waals surface area contributed by atoms with Crippen molar-refractivity contribution in [3.8, 4) is 5.75 Å². The number of fused-ring (bicyclic) bond motifs is 1. The van der Waals surface area contributed by atoms with Crippen molar-refractivity contribution in [3.05, 3.63) is 29.8 Å². The number of aliphatic hydroxyl groups is 1. The van der Waals surface area contributed by atoms with Crippen LogP contribution in [-0.4, -0.2) is 30.4 Å². The van der Waals surface area contributed by atoms with Gasteiger partial charge in [-0.15, -0.1) is 0 Å². The van der Waals surface area contributed by atoms with Crippen molar-refractivity contribution < 1.29 is 14.6 Å². The molecule has 1 aliphatic heterocycles. The van der Waals surface area contributed by atoms with Crippen molar-refractivity contribution in [3.63, 3.8) is 0 Å². The van der Waals surface area contributed by atoms with Crippen molar-refractivity contribution in [2.24, 2.45) is 0 Å². The van der Waals surface area contributed by atoms with Gasteiger partial charge in [0.05, 0.1) is 12.6 Å². The van der Waals surface area contributed by atoms with E-state index in [4.69, 9.17) is 9.84 Å². The third kappa shape index (κ3) is 3.61. The molecule has 0 aliphatic carbocycles. The zero-order valence-corrected chi connectivity index (χ0v) is 11.1. The lowest BCUT2D eigenvalue weighted by molar-refractivity contribution is 0.217. The first-order chi connectivity index (χ1) is 9.20. The first-order valence-corrected chi connectivity index (χ1v) is 6.60. The topological polar surface area (TPSA) is 70.6 Å². The van der Waals surface area contributed by atoms with Crippen molar-refractivity contribution in [2.45, 2.75) is 31.8 Å². The maximum absolute atomic E-state index is 11.9. The number of amides is 2. The van der Waals surface area contributed by atoms with Crippen LogP contribution in [0.3, 0.4) is 0 Å². The summed E-state index contributed by atoms with van der Waals surface area (Å²) in [6, 6.07) is 7.47. The average molecular weight is 264 g/mol. The lowest BCUT2D eigenvalue weighted by atomic mass is 10.0. The van der Waals surface area contributed by atoms with E-state index in [-0.39, 0.29) is 24.7 Å². The molecular weight excluding hydrogens is 244 g/mol. The Labute approximate surface area is 113 Å². The number of para-hydroxylation sites is 1. The number of aliphatic hydroxyl groups excluding tert-OH is 1. The fourth-order valence-electron chi connectivity index (χ4n) is 2.18. The number of hydrogen-bond acceptors (Lipinski definition) is 3. The van der Waals surface area contributed by atoms with Crippen LogP contribution in [0.1, 0.15) is 31.4 Å². The zero-order valence-electron chi connectivity index (χ0n) is 11.1. The maximum Gasteiger partial charge on any atom is 0.315 e. The van der Waals surface area contributed by atoms with E-state index in [1.807, 2.05) is 31.2 Å². The third-order valence-corrected chi connectivity index (χ3v) is 3.20. The predicted octanol–water partition coefficient (Wildman–Crippen LogP) is 1.58. The zero-order chi connectivity index (χ0) is 13.7. The predicted molar refractivity (Wildman–Crippen MR) is 72.1 cm³/mol. The van der Waals surface area contributed by atoms with E-state index in [0.717, 1.165) is 17.7 Å². The van der Waals surface area contributed by atoms with Gasteiger partial charge >= 0.3 is 6.03 Å². The van der Waals surface area contributed by atoms with Gasteiger partial charge in [-0.3, -0.25) is 0 Å². The number of hydrogen-bond donors (Lipinski definition) is 3. The Kier molecular flexibility index (Phi) is 4.63. The molecule has 1 heterocycles. The number of urea groups is 1. The summed E-state index contributed by atoms with van der Waals surface area (Å²) in [4.78, 5) is 11.9. The highest BCUT2D eigenvalue weighted by molar-refractivity contribution is 5.75. The first kappa shape index (κ1) is 13.7. The van der Waals surface area contributed by atoms with Crippen LogP contribution in [0.5, 0.6) is 5.75 Å². The minimum absolute atomic E-state index is 0.0220. The van der Waals surface area contributed by atoms with Crippen LogP contribution in [0.15, 0.2) is 24.3 Å². The van der Waals surface area contributed by atoms with Crippen molar-refractivity contribution in [1.29, 1.82) is 0 Å². The van der Waals surface area contributed by atoms with Crippen molar-refractivity contribution in [2.75, 3.05) is 13.2 Å². The molecule has 104 valence electrons. The minimum Gasteiger partial charge on any atom is -0.493 e. The molecule has 1 unspecified atom stereocenters. The summed E-state index contributed by atoms with van der Waals surface area (Å²) in [5.74, 6) is 0.836. The molecule has 0 saturated heterocycles. The summed E-state index contributed by atoms with van der Waals surface area (Å²) in [5, 5.41) is 14.6. The molecule has 2 amide bonds. The molecule has 0 saturated carbocycles. The standard InChI is InChI=1S/C14H20N2O3/c1-10(6-8-17)15-14(18)16-12-7-9-19-13-5-3-2-4-11(12)13/h2-5,10,12,17H,6-9H2,1H3,(H2,15,16,18)/t10-,12?/m1/s1. The number of rotatable bonds is 4. The minimum atomic E-state index is -0.206. The Hall–Kier alpha value is -1.75. The maximum atomic E-state index is 11.9. The van der Waals surface area contributed by atoms with Gasteiger partial charge in [0.2, 0.25) is 0 Å². The van der Waals surface area contributed by atoms with Gasteiger partial charge in [0.1, 0.15) is 5.75 Å². The van der Waals surface area contributed by atoms with Crippen LogP contribution in [-0.2, 0) is 0 Å². The van der Waals surface area contributed by atoms with Crippen LogP contribution in [0.2, 0.25) is 0 Å². The fraction of sp³-hybridized carbons (Fsp3) is 0.500. The molecule has 1 aromatic carbocycles. The average Bonchev–Trinajstić information content (AvgIpc) is 2.39. The van der Waals surface area contributed by atoms with Gasteiger partial charge in [-0.05, 0) is 19.4 Å². The molecule has 2 rings (SSSR count). The highest BCUT2D eigenvalue weighted by Gasteiger charge is 2.22. The van der Waals surface area contributed by atoms with Crippen LogP contribution >= 0.6 is 0 Å². The Balaban J connectivity index is 1.95. The number of benzene rings is 1. The van der Waals surface area contributed by atoms with E-state index in [1.54, 1.807) is 0 Å². The number of carbonyl (C=O) groups excluding carboxylic acids is 1. The Morgan fingerprint density at radius 2 is 2.32 bits per heavy atom. The Bertz CT molecular complexity index is 436. The van der Waals surface area contributed by atoms with Gasteiger partial charge in [0, 0.05) is 24.6 Å². The lowest BCUT2D eigenvalue weighted by Crippen LogP contribution is -2.43. The van der Waals surface area contributed by atoms with Gasteiger partial charge in [0.15, 0.2) is 0 Å². The summed E-state index contributed by atoms with van der Waals surface area (Å²) in [5.41, 5.74) is 1.01. The smallest absolute Gasteiger partial charge is 0.315 e. The Morgan fingerprint density at radius 3 is 3.11 bits per heavy atom. The van der Waals surface area contributed by atoms with Crippen LogP contribution in [0.4, 0.5) is 4.79 Å². The molecule has 5 nitrogen and oxygen atoms in total. The lowest BCUT2D eigenvalue weighted by Gasteiger charge is -2.27. The van der Waals surface area contributed by atoms with Crippen molar-refractivity contribution in [1.82, 2.24) is 10.6 Å². The highest BCUT2D eigenvalue weighted by atomic mass is 16.5. The van der Waals surface area contributed by atoms with Gasteiger partial charge in [-0.1, -0.05) is 18.2 Å². The van der Waals surface area contributed by atoms with Crippen LogP contribution in [0.25, 0.3) is 0 Å². The van der Waals surface area contributed by atoms with Gasteiger partial charge < -0.3 is 20.5 Å². The fourth-order valence-corrected chi connectivity index (χ4v) is 2.18. The normalized spacial score (nSPS) is 18.9. The van der Waals surface area contributed by atoms with E-state index in [9.17, 15) is 4.79 Å². The highest BCUT2D eigenvalue weighted by Crippen LogP contribution is 2.31. The molecule has 0 fully saturated rings. The summed E-state index contributed by atoms with van der Waals surface area (Å²) in [6.07, 6.45) is 1.32. The second-order valence-electron chi connectivity index (χ2n) is 4.76. The largest absolute Gasteiger partial charge is 0.493 e. The second-order valence-corrected chi connectivity index (χ2v) is 4.76. The molecule has 1 aliphatic rings. The summed E-state index contributed by atoms with van der Waals surface area (Å²) < 4.78 is 5.55. The monoisotopic (exact) mass is 264 g/mol. The molecule has 19 heavy (non-hydrogen) atoms. The number of carbonyl (C=O) groups is 1. The van der Waals surface area contributed by atoms with E-state index in [2.05, 4.69) is 10.6 Å². The molecule has 0 radical (unpaired) electrons. The Morgan fingerprint density at radius 1 is 1.53 bits per heavy atom. The molecule has 5 heteroatoms. The molecule has 0 aromatic heterocycles. The molecule has 3 N–H and O–H groups in total. The summed E-state index contributed by atoms with van der Waals surface area (Å²) in [7, 11) is 0. The summed E-state index contributed by atoms with van der Waals surface area (Å²) in [6.45, 7) is 2.55. The molecular formula is C14H20N2O3. The van der Waals surface area contributed by atoms with Crippen LogP contribution < -0.4 is 15.4 Å². The van der Waals surface area contributed by atoms with Crippen molar-refractivity contribution >= 4 is 6.03 Å². The molecule has 1 aromatic rings. The summed E-state index contributed by atoms with van der Waals surface area (Å²) >= 11 is 0. The van der Waals surface area contributed by atoms with E-state index < -0.39 is 0 Å². The third-order valence-electron chi connectivity index (χ3n) is 3.20. The van der Waals surface area contributed by atoms with Gasteiger partial charge in [-0.25, -0.2) is 4.79 Å². The quantitative estimate of drug-likeness (QED) is 0.773. The second kappa shape index (κ2) is 6.43. The molecule has 2 atom stereocenters. The van der Waals surface area contributed by atoms with E-state index in [0.29, 0.717) is 13.0 Å². The van der Waals surface area contributed by atoms with Gasteiger partial charge in [-0.2, -0.15) is 0 Å². The van der Waals surface area contributed by atoms with E-state index >= 15 is 0 Å². The van der Waals surface area contributed by atoms with Gasteiger partial charge in [0.25, 0.3) is 0 Å². The number of ether oxygens (including phenoxy) is 1. The molecule has 0 spiro atoms. The number of nitrogens with one attached hydrogen (secondary N) is 2. The van der Waals surface area contributed by atoms with Crippen LogP contribution in [0, 0.1) is 0 Å². The SMILES string of the molecule is C[C@H](CCO)NC(=O)NC1CCOc2ccccc21. The first-order valence-electron chi connectivity index (χ1n) is 6.60.